The predicted molar refractivity (Wildman–Crippen MR) is 56.5 cm³/mol. The summed E-state index contributed by atoms with van der Waals surface area (Å²) in [4.78, 5) is 12.6. The zero-order valence-electron chi connectivity index (χ0n) is 7.58. The summed E-state index contributed by atoms with van der Waals surface area (Å²) in [6.45, 7) is 0.846. The maximum atomic E-state index is 11.6. The fourth-order valence-electron chi connectivity index (χ4n) is 1.43. The van der Waals surface area contributed by atoms with Gasteiger partial charge in [-0.1, -0.05) is 0 Å². The van der Waals surface area contributed by atoms with Crippen molar-refractivity contribution in [1.82, 2.24) is 0 Å². The molecule has 0 saturated carbocycles. The highest BCUT2D eigenvalue weighted by atomic mass is 79.9. The molecule has 1 aliphatic heterocycles. The highest BCUT2D eigenvalue weighted by Gasteiger charge is 2.49. The lowest BCUT2D eigenvalue weighted by Crippen LogP contribution is -2.53. The summed E-state index contributed by atoms with van der Waals surface area (Å²) in [6.07, 6.45) is 0. The summed E-state index contributed by atoms with van der Waals surface area (Å²) in [7, 11) is 1.41. The summed E-state index contributed by atoms with van der Waals surface area (Å²) < 4.78 is 10.9. The maximum Gasteiger partial charge on any atom is 0.321 e. The molecule has 1 aliphatic rings. The van der Waals surface area contributed by atoms with E-state index in [1.807, 2.05) is 12.1 Å². The maximum absolute atomic E-state index is 11.6. The number of hydrogen-bond acceptors (Lipinski definition) is 4. The van der Waals surface area contributed by atoms with Crippen LogP contribution in [-0.4, -0.2) is 26.3 Å². The minimum atomic E-state index is -0.550. The zero-order valence-corrected chi connectivity index (χ0v) is 9.98. The molecule has 1 aromatic rings. The molecule has 76 valence electrons. The van der Waals surface area contributed by atoms with E-state index in [9.17, 15) is 4.79 Å². The lowest BCUT2D eigenvalue weighted by atomic mass is 9.84. The first-order valence-electron chi connectivity index (χ1n) is 4.11. The van der Waals surface area contributed by atoms with Gasteiger partial charge in [0.2, 0.25) is 0 Å². The van der Waals surface area contributed by atoms with E-state index in [4.69, 9.17) is 9.47 Å². The Bertz CT molecular complexity index is 357. The van der Waals surface area contributed by atoms with Gasteiger partial charge in [0.1, 0.15) is 5.41 Å². The van der Waals surface area contributed by atoms with Crippen LogP contribution in [0.2, 0.25) is 0 Å². The van der Waals surface area contributed by atoms with E-state index >= 15 is 0 Å². The molecule has 2 rings (SSSR count). The Kier molecular flexibility index (Phi) is 2.64. The minimum absolute atomic E-state index is 0.210. The molecule has 1 saturated heterocycles. The number of methoxy groups -OCH3 is 1. The number of rotatable bonds is 2. The van der Waals surface area contributed by atoms with Gasteiger partial charge in [-0.15, -0.1) is 11.3 Å². The van der Waals surface area contributed by atoms with Gasteiger partial charge in [-0.3, -0.25) is 4.79 Å². The van der Waals surface area contributed by atoms with E-state index in [-0.39, 0.29) is 5.97 Å². The molecule has 0 amide bonds. The van der Waals surface area contributed by atoms with Gasteiger partial charge in [-0.05, 0) is 28.1 Å². The lowest BCUT2D eigenvalue weighted by molar-refractivity contribution is -0.166. The fourth-order valence-corrected chi connectivity index (χ4v) is 2.97. The quantitative estimate of drug-likeness (QED) is 0.775. The smallest absolute Gasteiger partial charge is 0.321 e. The van der Waals surface area contributed by atoms with Crippen molar-refractivity contribution in [1.29, 1.82) is 0 Å². The van der Waals surface area contributed by atoms with Crippen molar-refractivity contribution in [3.8, 4) is 0 Å². The highest BCUT2D eigenvalue weighted by molar-refractivity contribution is 9.11. The molecule has 0 aromatic carbocycles. The molecule has 1 fully saturated rings. The number of halogens is 1. The van der Waals surface area contributed by atoms with Gasteiger partial charge in [0.15, 0.2) is 0 Å². The second-order valence-corrected chi connectivity index (χ2v) is 5.63. The summed E-state index contributed by atoms with van der Waals surface area (Å²) in [5, 5.41) is 0. The monoisotopic (exact) mass is 276 g/mol. The van der Waals surface area contributed by atoms with Gasteiger partial charge in [0, 0.05) is 4.88 Å². The molecule has 0 bridgehead atoms. The molecule has 0 N–H and O–H groups in total. The topological polar surface area (TPSA) is 35.5 Å². The molecule has 5 heteroatoms. The zero-order chi connectivity index (χ0) is 10.2. The molecule has 2 heterocycles. The molecular formula is C9H9BrO3S. The molecule has 0 radical (unpaired) electrons. The number of hydrogen-bond donors (Lipinski definition) is 0. The fraction of sp³-hybridized carbons (Fsp3) is 0.444. The average molecular weight is 277 g/mol. The molecule has 1 aromatic heterocycles. The number of carbonyl (C=O) groups is 1. The Morgan fingerprint density at radius 1 is 1.64 bits per heavy atom. The highest BCUT2D eigenvalue weighted by Crippen LogP contribution is 2.39. The lowest BCUT2D eigenvalue weighted by Gasteiger charge is -2.37. The summed E-state index contributed by atoms with van der Waals surface area (Å²) in [6, 6.07) is 3.87. The van der Waals surface area contributed by atoms with Gasteiger partial charge in [0.05, 0.1) is 24.1 Å². The van der Waals surface area contributed by atoms with Crippen LogP contribution in [0.15, 0.2) is 15.9 Å². The number of carbonyl (C=O) groups excluding carboxylic acids is 1. The van der Waals surface area contributed by atoms with Crippen molar-refractivity contribution in [3.05, 3.63) is 20.8 Å². The van der Waals surface area contributed by atoms with Crippen LogP contribution >= 0.6 is 27.3 Å². The second-order valence-electron chi connectivity index (χ2n) is 3.17. The van der Waals surface area contributed by atoms with Crippen molar-refractivity contribution in [2.75, 3.05) is 20.3 Å². The third-order valence-electron chi connectivity index (χ3n) is 2.32. The van der Waals surface area contributed by atoms with E-state index in [1.165, 1.54) is 7.11 Å². The average Bonchev–Trinajstić information content (AvgIpc) is 2.50. The number of thiophene rings is 1. The van der Waals surface area contributed by atoms with Gasteiger partial charge in [0.25, 0.3) is 0 Å². The number of esters is 1. The van der Waals surface area contributed by atoms with Gasteiger partial charge >= 0.3 is 5.97 Å². The molecule has 0 aliphatic carbocycles. The number of ether oxygens (including phenoxy) is 2. The van der Waals surface area contributed by atoms with Crippen molar-refractivity contribution >= 4 is 33.2 Å². The van der Waals surface area contributed by atoms with Crippen molar-refractivity contribution in [2.24, 2.45) is 0 Å². The largest absolute Gasteiger partial charge is 0.468 e. The van der Waals surface area contributed by atoms with E-state index in [1.54, 1.807) is 11.3 Å². The molecule has 0 unspecified atom stereocenters. The SMILES string of the molecule is COC(=O)C1(c2ccc(Br)s2)COC1. The second kappa shape index (κ2) is 3.64. The Labute approximate surface area is 94.1 Å². The van der Waals surface area contributed by atoms with Crippen molar-refractivity contribution in [2.45, 2.75) is 5.41 Å². The van der Waals surface area contributed by atoms with Gasteiger partial charge in [-0.2, -0.15) is 0 Å². The van der Waals surface area contributed by atoms with Crippen LogP contribution in [0.3, 0.4) is 0 Å². The van der Waals surface area contributed by atoms with Crippen LogP contribution < -0.4 is 0 Å². The Hall–Kier alpha value is -0.390. The van der Waals surface area contributed by atoms with Gasteiger partial charge in [-0.25, -0.2) is 0 Å². The minimum Gasteiger partial charge on any atom is -0.468 e. The molecule has 14 heavy (non-hydrogen) atoms. The van der Waals surface area contributed by atoms with E-state index in [2.05, 4.69) is 15.9 Å². The summed E-state index contributed by atoms with van der Waals surface area (Å²) in [5.41, 5.74) is -0.550. The van der Waals surface area contributed by atoms with E-state index in [0.29, 0.717) is 13.2 Å². The third kappa shape index (κ3) is 1.39. The molecule has 0 spiro atoms. The first-order valence-corrected chi connectivity index (χ1v) is 5.72. The van der Waals surface area contributed by atoms with Crippen LogP contribution in [0.5, 0.6) is 0 Å². The first-order chi connectivity index (χ1) is 6.69. The van der Waals surface area contributed by atoms with Crippen molar-refractivity contribution in [3.63, 3.8) is 0 Å². The predicted octanol–water partition coefficient (Wildman–Crippen LogP) is 1.95. The van der Waals surface area contributed by atoms with Crippen LogP contribution in [0.1, 0.15) is 4.88 Å². The molecular weight excluding hydrogens is 268 g/mol. The van der Waals surface area contributed by atoms with Crippen LogP contribution in [-0.2, 0) is 19.7 Å². The normalized spacial score (nSPS) is 18.7. The Morgan fingerprint density at radius 3 is 2.71 bits per heavy atom. The standard InChI is InChI=1S/C9H9BrO3S/c1-12-8(11)9(4-13-5-9)6-2-3-7(10)14-6/h2-3H,4-5H2,1H3. The van der Waals surface area contributed by atoms with Crippen LogP contribution in [0, 0.1) is 0 Å². The molecule has 0 atom stereocenters. The summed E-state index contributed by atoms with van der Waals surface area (Å²) in [5.74, 6) is -0.210. The third-order valence-corrected chi connectivity index (χ3v) is 4.15. The molecule has 3 nitrogen and oxygen atoms in total. The van der Waals surface area contributed by atoms with E-state index in [0.717, 1.165) is 8.66 Å². The van der Waals surface area contributed by atoms with Crippen LogP contribution in [0.25, 0.3) is 0 Å². The summed E-state index contributed by atoms with van der Waals surface area (Å²) >= 11 is 4.92. The van der Waals surface area contributed by atoms with Gasteiger partial charge < -0.3 is 9.47 Å². The van der Waals surface area contributed by atoms with Crippen molar-refractivity contribution < 1.29 is 14.3 Å². The Balaban J connectivity index is 2.33. The van der Waals surface area contributed by atoms with Crippen LogP contribution in [0.4, 0.5) is 0 Å². The Morgan fingerprint density at radius 2 is 2.36 bits per heavy atom. The first kappa shape index (κ1) is 10.1. The van der Waals surface area contributed by atoms with E-state index < -0.39 is 5.41 Å².